The van der Waals surface area contributed by atoms with Gasteiger partial charge in [0.2, 0.25) is 0 Å². The molecule has 2 aliphatic rings. The minimum atomic E-state index is 0.234. The van der Waals surface area contributed by atoms with Gasteiger partial charge in [-0.3, -0.25) is 10.3 Å². The topological polar surface area (TPSA) is 81.9 Å². The highest BCUT2D eigenvalue weighted by Crippen LogP contribution is 2.35. The zero-order valence-corrected chi connectivity index (χ0v) is 20.8. The Labute approximate surface area is 209 Å². The summed E-state index contributed by atoms with van der Waals surface area (Å²) < 4.78 is 10.8. The normalized spacial score (nSPS) is 17.3. The maximum atomic E-state index is 10.8. The first kappa shape index (κ1) is 23.4. The number of likely N-dealkylation sites (tertiary alicyclic amines) is 1. The number of aromatic nitrogens is 1. The van der Waals surface area contributed by atoms with E-state index in [1.807, 2.05) is 52.7 Å². The quantitative estimate of drug-likeness (QED) is 0.482. The number of benzene rings is 2. The van der Waals surface area contributed by atoms with Gasteiger partial charge in [-0.2, -0.15) is 0 Å². The summed E-state index contributed by atoms with van der Waals surface area (Å²) in [5.74, 6) is 2.12. The first-order chi connectivity index (χ1) is 17.1. The van der Waals surface area contributed by atoms with Crippen molar-refractivity contribution in [1.82, 2.24) is 14.8 Å². The summed E-state index contributed by atoms with van der Waals surface area (Å²) in [5, 5.41) is 22.3. The minimum absolute atomic E-state index is 0.234. The Kier molecular flexibility index (Phi) is 6.74. The number of methoxy groups -OCH3 is 2. The van der Waals surface area contributed by atoms with E-state index in [0.29, 0.717) is 23.0 Å². The molecule has 0 amide bonds. The van der Waals surface area contributed by atoms with Crippen molar-refractivity contribution in [3.63, 3.8) is 0 Å². The number of nitrogens with one attached hydrogen (secondary N) is 1. The molecule has 0 saturated carbocycles. The van der Waals surface area contributed by atoms with Gasteiger partial charge in [-0.25, -0.2) is 4.98 Å². The molecule has 0 bridgehead atoms. The van der Waals surface area contributed by atoms with Gasteiger partial charge in [-0.05, 0) is 30.5 Å². The zero-order chi connectivity index (χ0) is 24.4. The van der Waals surface area contributed by atoms with Gasteiger partial charge in [0, 0.05) is 36.6 Å². The number of nitrogens with zero attached hydrogens (tertiary/aromatic N) is 3. The molecule has 5 rings (SSSR count). The van der Waals surface area contributed by atoms with Crippen molar-refractivity contribution in [2.45, 2.75) is 25.4 Å². The summed E-state index contributed by atoms with van der Waals surface area (Å²) in [4.78, 5) is 9.21. The number of aliphatic hydroxyl groups excluding tert-OH is 1. The Morgan fingerprint density at radius 2 is 1.80 bits per heavy atom. The Morgan fingerprint density at radius 1 is 1.06 bits per heavy atom. The minimum Gasteiger partial charge on any atom is -0.510 e. The predicted molar refractivity (Wildman–Crippen MR) is 139 cm³/mol. The number of aliphatic hydroxyl groups is 1. The Bertz CT molecular complexity index is 1230. The van der Waals surface area contributed by atoms with Crippen LogP contribution in [0, 0.1) is 5.41 Å². The monoisotopic (exact) mass is 490 g/mol. The number of ether oxygens (including phenoxy) is 2. The molecule has 1 aromatic heterocycles. The lowest BCUT2D eigenvalue weighted by Gasteiger charge is -2.37. The molecule has 0 radical (unpaired) electrons. The van der Waals surface area contributed by atoms with Crippen LogP contribution in [0.4, 0.5) is 0 Å². The second kappa shape index (κ2) is 10.1. The Morgan fingerprint density at radius 3 is 2.51 bits per heavy atom. The molecule has 2 aliphatic heterocycles. The van der Waals surface area contributed by atoms with Crippen LogP contribution in [0.2, 0.25) is 0 Å². The smallest absolute Gasteiger partial charge is 0.161 e. The summed E-state index contributed by atoms with van der Waals surface area (Å²) in [6.07, 6.45) is 1.90. The molecule has 2 N–H and O–H groups in total. The number of hydrogen-bond donors (Lipinski definition) is 2. The molecule has 1 fully saturated rings. The van der Waals surface area contributed by atoms with E-state index in [1.165, 1.54) is 16.9 Å². The van der Waals surface area contributed by atoms with Crippen LogP contribution >= 0.6 is 11.3 Å². The fourth-order valence-electron chi connectivity index (χ4n) is 4.89. The van der Waals surface area contributed by atoms with E-state index in [2.05, 4.69) is 11.0 Å². The van der Waals surface area contributed by atoms with Crippen LogP contribution in [-0.4, -0.2) is 65.6 Å². The predicted octanol–water partition coefficient (Wildman–Crippen LogP) is 5.05. The van der Waals surface area contributed by atoms with Gasteiger partial charge in [0.25, 0.3) is 0 Å². The van der Waals surface area contributed by atoms with Gasteiger partial charge in [0.1, 0.15) is 16.6 Å². The lowest BCUT2D eigenvalue weighted by atomic mass is 10.0. The van der Waals surface area contributed by atoms with E-state index in [4.69, 9.17) is 19.9 Å². The van der Waals surface area contributed by atoms with Crippen molar-refractivity contribution in [2.24, 2.45) is 0 Å². The summed E-state index contributed by atoms with van der Waals surface area (Å²) in [5.41, 5.74) is 3.68. The third-order valence-corrected chi connectivity index (χ3v) is 7.63. The maximum Gasteiger partial charge on any atom is 0.161 e. The molecular weight excluding hydrogens is 460 g/mol. The second-order valence-electron chi connectivity index (χ2n) is 8.90. The molecule has 7 nitrogen and oxygen atoms in total. The van der Waals surface area contributed by atoms with Crippen molar-refractivity contribution in [3.8, 4) is 22.8 Å². The highest BCUT2D eigenvalue weighted by atomic mass is 32.1. The Hall–Kier alpha value is -3.36. The van der Waals surface area contributed by atoms with E-state index < -0.39 is 0 Å². The highest BCUT2D eigenvalue weighted by molar-refractivity contribution is 7.11. The van der Waals surface area contributed by atoms with Gasteiger partial charge in [-0.1, -0.05) is 36.4 Å². The van der Waals surface area contributed by atoms with Gasteiger partial charge in [-0.15, -0.1) is 11.3 Å². The molecule has 1 saturated heterocycles. The zero-order valence-electron chi connectivity index (χ0n) is 20.0. The van der Waals surface area contributed by atoms with Crippen LogP contribution in [0.25, 0.3) is 16.8 Å². The summed E-state index contributed by atoms with van der Waals surface area (Å²) in [7, 11) is 3.30. The molecule has 3 aromatic rings. The van der Waals surface area contributed by atoms with Gasteiger partial charge >= 0.3 is 0 Å². The van der Waals surface area contributed by atoms with Gasteiger partial charge in [0.15, 0.2) is 11.5 Å². The standard InChI is InChI=1S/C27H30N4O3S/c1-33-23-9-8-18(14-24(23)34-2)15-30-12-10-20(11-13-30)31-16-22(32)25(26(31)28)27-29-21(17-35-27)19-6-4-3-5-7-19/h3-9,14,17,20,28,32H,10-13,15-16H2,1-2H3. The van der Waals surface area contributed by atoms with Crippen LogP contribution < -0.4 is 9.47 Å². The first-order valence-corrected chi connectivity index (χ1v) is 12.7. The number of piperidine rings is 1. The van der Waals surface area contributed by atoms with Crippen molar-refractivity contribution in [1.29, 1.82) is 5.41 Å². The van der Waals surface area contributed by atoms with E-state index in [1.54, 1.807) is 14.2 Å². The molecule has 0 spiro atoms. The van der Waals surface area contributed by atoms with E-state index in [9.17, 15) is 5.11 Å². The average Bonchev–Trinajstić information content (AvgIpc) is 3.49. The summed E-state index contributed by atoms with van der Waals surface area (Å²) >= 11 is 1.48. The first-order valence-electron chi connectivity index (χ1n) is 11.8. The fourth-order valence-corrected chi connectivity index (χ4v) is 5.79. The molecule has 0 aliphatic carbocycles. The third kappa shape index (κ3) is 4.76. The second-order valence-corrected chi connectivity index (χ2v) is 9.76. The van der Waals surface area contributed by atoms with E-state index in [-0.39, 0.29) is 11.8 Å². The molecular formula is C27H30N4O3S. The number of amidine groups is 1. The van der Waals surface area contributed by atoms with Crippen LogP contribution in [0.5, 0.6) is 11.5 Å². The number of rotatable bonds is 7. The maximum absolute atomic E-state index is 10.8. The van der Waals surface area contributed by atoms with Crippen molar-refractivity contribution in [2.75, 3.05) is 33.9 Å². The number of thiazole rings is 1. The number of hydrogen-bond acceptors (Lipinski definition) is 7. The van der Waals surface area contributed by atoms with E-state index in [0.717, 1.165) is 55.2 Å². The molecule has 0 atom stereocenters. The van der Waals surface area contributed by atoms with Crippen LogP contribution in [0.15, 0.2) is 59.7 Å². The molecule has 35 heavy (non-hydrogen) atoms. The van der Waals surface area contributed by atoms with E-state index >= 15 is 0 Å². The third-order valence-electron chi connectivity index (χ3n) is 6.77. The highest BCUT2D eigenvalue weighted by Gasteiger charge is 2.36. The SMILES string of the molecule is COc1ccc(CN2CCC(N3CC(O)=C(c4nc(-c5ccccc5)cs4)C3=N)CC2)cc1OC. The summed E-state index contributed by atoms with van der Waals surface area (Å²) in [6.45, 7) is 3.11. The Balaban J connectivity index is 1.21. The van der Waals surface area contributed by atoms with Crippen LogP contribution in [0.3, 0.4) is 0 Å². The van der Waals surface area contributed by atoms with Crippen molar-refractivity contribution >= 4 is 22.7 Å². The van der Waals surface area contributed by atoms with Crippen molar-refractivity contribution < 1.29 is 14.6 Å². The van der Waals surface area contributed by atoms with Crippen LogP contribution in [0.1, 0.15) is 23.4 Å². The largest absolute Gasteiger partial charge is 0.510 e. The molecule has 8 heteroatoms. The van der Waals surface area contributed by atoms with Gasteiger partial charge in [0.05, 0.1) is 32.0 Å². The van der Waals surface area contributed by atoms with Crippen LogP contribution in [-0.2, 0) is 6.54 Å². The molecule has 2 aromatic carbocycles. The summed E-state index contributed by atoms with van der Waals surface area (Å²) in [6, 6.07) is 16.3. The lowest BCUT2D eigenvalue weighted by molar-refractivity contribution is 0.149. The molecule has 182 valence electrons. The lowest BCUT2D eigenvalue weighted by Crippen LogP contribution is -2.45. The average molecular weight is 491 g/mol. The molecule has 0 unspecified atom stereocenters. The van der Waals surface area contributed by atoms with Crippen molar-refractivity contribution in [3.05, 3.63) is 70.2 Å². The fraction of sp³-hybridized carbons (Fsp3) is 0.333. The molecule has 3 heterocycles. The van der Waals surface area contributed by atoms with Gasteiger partial charge < -0.3 is 19.5 Å².